The van der Waals surface area contributed by atoms with Crippen LogP contribution in [0.25, 0.3) is 0 Å². The Morgan fingerprint density at radius 3 is 2.90 bits per heavy atom. The second-order valence-corrected chi connectivity index (χ2v) is 5.78. The first-order valence-electron chi connectivity index (χ1n) is 5.93. The van der Waals surface area contributed by atoms with Gasteiger partial charge in [0.1, 0.15) is 10.9 Å². The Morgan fingerprint density at radius 2 is 2.19 bits per heavy atom. The van der Waals surface area contributed by atoms with E-state index < -0.39 is 0 Å². The van der Waals surface area contributed by atoms with E-state index in [2.05, 4.69) is 26.2 Å². The van der Waals surface area contributed by atoms with Gasteiger partial charge in [0.25, 0.3) is 5.91 Å². The summed E-state index contributed by atoms with van der Waals surface area (Å²) in [5.41, 5.74) is 0.992. The highest BCUT2D eigenvalue weighted by molar-refractivity contribution is 9.10. The van der Waals surface area contributed by atoms with Crippen molar-refractivity contribution in [3.05, 3.63) is 56.2 Å². The molecule has 110 valence electrons. The SMILES string of the molecule is COc1cccc(Cl)c1CNC(=O)c1cc(Br)cnc1Cl. The number of benzene rings is 1. The van der Waals surface area contributed by atoms with E-state index in [-0.39, 0.29) is 23.2 Å². The zero-order chi connectivity index (χ0) is 15.4. The number of carbonyl (C=O) groups excluding carboxylic acids is 1. The minimum atomic E-state index is -0.337. The van der Waals surface area contributed by atoms with E-state index in [0.29, 0.717) is 20.8 Å². The van der Waals surface area contributed by atoms with E-state index >= 15 is 0 Å². The standard InChI is InChI=1S/C14H11BrCl2N2O2/c1-21-12-4-2-3-11(16)10(12)7-19-14(20)9-5-8(15)6-18-13(9)17/h2-6H,7H2,1H3,(H,19,20). The third-order valence-electron chi connectivity index (χ3n) is 2.77. The van der Waals surface area contributed by atoms with Gasteiger partial charge in [-0.05, 0) is 34.1 Å². The number of carbonyl (C=O) groups is 1. The molecule has 4 nitrogen and oxygen atoms in total. The minimum absolute atomic E-state index is 0.141. The van der Waals surface area contributed by atoms with Gasteiger partial charge < -0.3 is 10.1 Å². The molecule has 1 heterocycles. The maximum atomic E-state index is 12.2. The highest BCUT2D eigenvalue weighted by atomic mass is 79.9. The van der Waals surface area contributed by atoms with Crippen LogP contribution < -0.4 is 10.1 Å². The molecule has 2 rings (SSSR count). The zero-order valence-electron chi connectivity index (χ0n) is 11.0. The Balaban J connectivity index is 2.17. The number of pyridine rings is 1. The highest BCUT2D eigenvalue weighted by Gasteiger charge is 2.14. The maximum absolute atomic E-state index is 12.2. The molecule has 0 unspecified atom stereocenters. The smallest absolute Gasteiger partial charge is 0.254 e. The number of methoxy groups -OCH3 is 1. The van der Waals surface area contributed by atoms with E-state index in [1.54, 1.807) is 31.4 Å². The van der Waals surface area contributed by atoms with Crippen molar-refractivity contribution in [2.24, 2.45) is 0 Å². The molecule has 21 heavy (non-hydrogen) atoms. The lowest BCUT2D eigenvalue weighted by Gasteiger charge is -2.12. The summed E-state index contributed by atoms with van der Waals surface area (Å²) < 4.78 is 5.90. The summed E-state index contributed by atoms with van der Waals surface area (Å²) in [4.78, 5) is 16.1. The molecule has 1 N–H and O–H groups in total. The first kappa shape index (κ1) is 16.1. The van der Waals surface area contributed by atoms with Crippen molar-refractivity contribution in [3.63, 3.8) is 0 Å². The van der Waals surface area contributed by atoms with Crippen LogP contribution in [0.15, 0.2) is 34.9 Å². The fourth-order valence-corrected chi connectivity index (χ4v) is 2.50. The second kappa shape index (κ2) is 7.11. The third kappa shape index (κ3) is 3.87. The molecule has 0 aliphatic rings. The van der Waals surface area contributed by atoms with Crippen LogP contribution in [-0.4, -0.2) is 18.0 Å². The van der Waals surface area contributed by atoms with Crippen LogP contribution in [0.1, 0.15) is 15.9 Å². The Bertz CT molecular complexity index is 680. The quantitative estimate of drug-likeness (QED) is 0.801. The molecule has 2 aromatic rings. The van der Waals surface area contributed by atoms with Crippen molar-refractivity contribution >= 4 is 45.0 Å². The first-order chi connectivity index (χ1) is 10.0. The van der Waals surface area contributed by atoms with E-state index in [4.69, 9.17) is 27.9 Å². The van der Waals surface area contributed by atoms with Crippen LogP contribution in [0.3, 0.4) is 0 Å². The van der Waals surface area contributed by atoms with Gasteiger partial charge in [-0.15, -0.1) is 0 Å². The predicted molar refractivity (Wildman–Crippen MR) is 86.1 cm³/mol. The van der Waals surface area contributed by atoms with Crippen LogP contribution in [0, 0.1) is 0 Å². The summed E-state index contributed by atoms with van der Waals surface area (Å²) in [6.45, 7) is 0.227. The molecule has 1 aromatic heterocycles. The van der Waals surface area contributed by atoms with E-state index in [9.17, 15) is 4.79 Å². The number of ether oxygens (including phenoxy) is 1. The van der Waals surface area contributed by atoms with Crippen molar-refractivity contribution in [1.29, 1.82) is 0 Å². The average molecular weight is 390 g/mol. The number of aromatic nitrogens is 1. The molecule has 0 aliphatic heterocycles. The summed E-state index contributed by atoms with van der Waals surface area (Å²) in [6, 6.07) is 6.90. The van der Waals surface area contributed by atoms with Crippen LogP contribution in [0.4, 0.5) is 0 Å². The lowest BCUT2D eigenvalue weighted by Crippen LogP contribution is -2.23. The highest BCUT2D eigenvalue weighted by Crippen LogP contribution is 2.26. The lowest BCUT2D eigenvalue weighted by atomic mass is 10.2. The Kier molecular flexibility index (Phi) is 5.45. The van der Waals surface area contributed by atoms with Crippen molar-refractivity contribution in [2.75, 3.05) is 7.11 Å². The van der Waals surface area contributed by atoms with Crippen LogP contribution in [0.2, 0.25) is 10.2 Å². The number of hydrogen-bond acceptors (Lipinski definition) is 3. The molecule has 0 saturated heterocycles. The molecule has 0 fully saturated rings. The molecule has 1 amide bonds. The molecule has 0 radical (unpaired) electrons. The molecule has 0 saturated carbocycles. The summed E-state index contributed by atoms with van der Waals surface area (Å²) in [7, 11) is 1.55. The zero-order valence-corrected chi connectivity index (χ0v) is 14.1. The number of amides is 1. The van der Waals surface area contributed by atoms with Gasteiger partial charge in [-0.1, -0.05) is 29.3 Å². The molecule has 0 aliphatic carbocycles. The Morgan fingerprint density at radius 1 is 1.43 bits per heavy atom. The third-order valence-corrected chi connectivity index (χ3v) is 3.86. The largest absolute Gasteiger partial charge is 0.496 e. The minimum Gasteiger partial charge on any atom is -0.496 e. The van der Waals surface area contributed by atoms with Crippen molar-refractivity contribution in [2.45, 2.75) is 6.54 Å². The number of nitrogens with one attached hydrogen (secondary N) is 1. The Hall–Kier alpha value is -1.30. The van der Waals surface area contributed by atoms with Crippen molar-refractivity contribution in [3.8, 4) is 5.75 Å². The summed E-state index contributed by atoms with van der Waals surface area (Å²) in [5.74, 6) is 0.275. The summed E-state index contributed by atoms with van der Waals surface area (Å²) in [5, 5.41) is 3.41. The number of hydrogen-bond donors (Lipinski definition) is 1. The molecule has 1 aromatic carbocycles. The fraction of sp³-hybridized carbons (Fsp3) is 0.143. The number of rotatable bonds is 4. The van der Waals surface area contributed by atoms with Gasteiger partial charge in [0.2, 0.25) is 0 Å². The van der Waals surface area contributed by atoms with Gasteiger partial charge in [0, 0.05) is 27.8 Å². The van der Waals surface area contributed by atoms with Gasteiger partial charge in [0.05, 0.1) is 12.7 Å². The molecular formula is C14H11BrCl2N2O2. The predicted octanol–water partition coefficient (Wildman–Crippen LogP) is 4.09. The van der Waals surface area contributed by atoms with Crippen LogP contribution in [-0.2, 0) is 6.54 Å². The average Bonchev–Trinajstić information content (AvgIpc) is 2.47. The number of nitrogens with zero attached hydrogens (tertiary/aromatic N) is 1. The van der Waals surface area contributed by atoms with Gasteiger partial charge in [0.15, 0.2) is 0 Å². The van der Waals surface area contributed by atoms with E-state index in [1.165, 1.54) is 6.20 Å². The molecule has 0 atom stereocenters. The molecule has 0 spiro atoms. The van der Waals surface area contributed by atoms with Crippen LogP contribution >= 0.6 is 39.1 Å². The first-order valence-corrected chi connectivity index (χ1v) is 7.48. The monoisotopic (exact) mass is 388 g/mol. The van der Waals surface area contributed by atoms with E-state index in [0.717, 1.165) is 0 Å². The summed E-state index contributed by atoms with van der Waals surface area (Å²) >= 11 is 15.3. The fourth-order valence-electron chi connectivity index (χ4n) is 1.75. The maximum Gasteiger partial charge on any atom is 0.254 e. The molecule has 0 bridgehead atoms. The van der Waals surface area contributed by atoms with Gasteiger partial charge in [-0.25, -0.2) is 4.98 Å². The molecule has 7 heteroatoms. The van der Waals surface area contributed by atoms with Crippen molar-refractivity contribution < 1.29 is 9.53 Å². The van der Waals surface area contributed by atoms with Crippen LogP contribution in [0.5, 0.6) is 5.75 Å². The Labute approximate surface area is 140 Å². The lowest BCUT2D eigenvalue weighted by molar-refractivity contribution is 0.0950. The van der Waals surface area contributed by atoms with E-state index in [1.807, 2.05) is 0 Å². The summed E-state index contributed by atoms with van der Waals surface area (Å²) in [6.07, 6.45) is 1.52. The number of halogens is 3. The normalized spacial score (nSPS) is 10.3. The van der Waals surface area contributed by atoms with Crippen molar-refractivity contribution in [1.82, 2.24) is 10.3 Å². The molecular weight excluding hydrogens is 379 g/mol. The van der Waals surface area contributed by atoms with Gasteiger partial charge >= 0.3 is 0 Å². The van der Waals surface area contributed by atoms with Gasteiger partial charge in [-0.2, -0.15) is 0 Å². The van der Waals surface area contributed by atoms with Gasteiger partial charge in [-0.3, -0.25) is 4.79 Å². The topological polar surface area (TPSA) is 51.2 Å². The second-order valence-electron chi connectivity index (χ2n) is 4.10.